The van der Waals surface area contributed by atoms with Crippen LogP contribution in [0.25, 0.3) is 0 Å². The molecule has 1 aliphatic rings. The largest absolute Gasteiger partial charge is 0.497 e. The number of aromatic nitrogens is 1. The fourth-order valence-electron chi connectivity index (χ4n) is 4.21. The monoisotopic (exact) mass is 498 g/mol. The molecule has 4 aromatic rings. The summed E-state index contributed by atoms with van der Waals surface area (Å²) in [6.07, 6.45) is 1.41. The maximum Gasteiger partial charge on any atom is 0.298 e. The maximum absolute atomic E-state index is 12.7. The summed E-state index contributed by atoms with van der Waals surface area (Å²) in [7, 11) is 1.68. The number of carbonyl (C=O) groups is 1. The van der Waals surface area contributed by atoms with Gasteiger partial charge in [0.2, 0.25) is 0 Å². The molecule has 0 unspecified atom stereocenters. The molecule has 0 spiro atoms. The highest BCUT2D eigenvalue weighted by Gasteiger charge is 2.22. The Morgan fingerprint density at radius 2 is 1.68 bits per heavy atom. The van der Waals surface area contributed by atoms with Crippen LogP contribution < -0.4 is 19.7 Å². The molecule has 1 aliphatic heterocycles. The summed E-state index contributed by atoms with van der Waals surface area (Å²) in [6, 6.07) is 25.9. The van der Waals surface area contributed by atoms with Crippen LogP contribution in [-0.4, -0.2) is 49.1 Å². The molecule has 8 nitrogen and oxygen atoms in total. The molecule has 1 N–H and O–H groups in total. The lowest BCUT2D eigenvalue weighted by Gasteiger charge is -2.33. The van der Waals surface area contributed by atoms with E-state index in [1.165, 1.54) is 11.8 Å². The van der Waals surface area contributed by atoms with Crippen LogP contribution in [0.4, 0.5) is 11.7 Å². The Hall–Kier alpha value is -4.30. The van der Waals surface area contributed by atoms with Gasteiger partial charge in [-0.25, -0.2) is 0 Å². The zero-order valence-corrected chi connectivity index (χ0v) is 20.8. The number of carbonyl (C=O) groups excluding carboxylic acids is 1. The number of anilines is 2. The van der Waals surface area contributed by atoms with Gasteiger partial charge in [-0.05, 0) is 47.5 Å². The number of oxazole rings is 1. The number of ether oxygens (including phenoxy) is 2. The number of nitrogens with zero attached hydrogens (tertiary/aromatic N) is 3. The second-order valence-electron chi connectivity index (χ2n) is 8.88. The molecule has 1 amide bonds. The first kappa shape index (κ1) is 24.4. The van der Waals surface area contributed by atoms with Crippen molar-refractivity contribution in [1.29, 1.82) is 0 Å². The zero-order chi connectivity index (χ0) is 25.5. The highest BCUT2D eigenvalue weighted by molar-refractivity contribution is 6.02. The van der Waals surface area contributed by atoms with Gasteiger partial charge in [0.1, 0.15) is 24.4 Å². The van der Waals surface area contributed by atoms with Gasteiger partial charge in [-0.1, -0.05) is 42.5 Å². The van der Waals surface area contributed by atoms with E-state index in [9.17, 15) is 4.79 Å². The first-order valence-electron chi connectivity index (χ1n) is 12.3. The van der Waals surface area contributed by atoms with E-state index < -0.39 is 0 Å². The van der Waals surface area contributed by atoms with Gasteiger partial charge in [0.25, 0.3) is 11.9 Å². The Balaban J connectivity index is 1.10. The first-order valence-corrected chi connectivity index (χ1v) is 12.3. The number of hydrogen-bond acceptors (Lipinski definition) is 7. The molecule has 1 fully saturated rings. The molecular weight excluding hydrogens is 468 g/mol. The minimum atomic E-state index is -0.315. The van der Waals surface area contributed by atoms with E-state index in [1.54, 1.807) is 19.2 Å². The Morgan fingerprint density at radius 1 is 0.919 bits per heavy atom. The van der Waals surface area contributed by atoms with Gasteiger partial charge in [0, 0.05) is 38.4 Å². The zero-order valence-electron chi connectivity index (χ0n) is 20.8. The van der Waals surface area contributed by atoms with E-state index >= 15 is 0 Å². The van der Waals surface area contributed by atoms with Gasteiger partial charge in [-0.3, -0.25) is 9.69 Å². The van der Waals surface area contributed by atoms with Crippen LogP contribution in [0.5, 0.6) is 11.5 Å². The van der Waals surface area contributed by atoms with Crippen LogP contribution in [0.15, 0.2) is 89.5 Å². The lowest BCUT2D eigenvalue weighted by atomic mass is 10.2. The number of nitrogens with one attached hydrogen (secondary N) is 1. The normalized spacial score (nSPS) is 13.8. The van der Waals surface area contributed by atoms with Crippen molar-refractivity contribution in [2.24, 2.45) is 0 Å². The minimum absolute atomic E-state index is 0.248. The van der Waals surface area contributed by atoms with Crippen LogP contribution in [0.3, 0.4) is 0 Å². The average Bonchev–Trinajstić information content (AvgIpc) is 3.44. The van der Waals surface area contributed by atoms with E-state index in [1.807, 2.05) is 54.6 Å². The first-order chi connectivity index (χ1) is 18.2. The fourth-order valence-corrected chi connectivity index (χ4v) is 4.21. The van der Waals surface area contributed by atoms with E-state index in [4.69, 9.17) is 13.9 Å². The molecule has 8 heteroatoms. The van der Waals surface area contributed by atoms with Crippen molar-refractivity contribution in [2.45, 2.75) is 13.2 Å². The number of methoxy groups -OCH3 is 1. The number of hydrogen-bond donors (Lipinski definition) is 1. The van der Waals surface area contributed by atoms with Crippen LogP contribution in [-0.2, 0) is 13.2 Å². The highest BCUT2D eigenvalue weighted by Crippen LogP contribution is 2.21. The Morgan fingerprint density at radius 3 is 2.43 bits per heavy atom. The van der Waals surface area contributed by atoms with Crippen molar-refractivity contribution in [3.05, 3.63) is 102 Å². The van der Waals surface area contributed by atoms with Gasteiger partial charge >= 0.3 is 0 Å². The van der Waals surface area contributed by atoms with Gasteiger partial charge in [0.15, 0.2) is 5.69 Å². The summed E-state index contributed by atoms with van der Waals surface area (Å²) in [5.74, 6) is 1.29. The predicted molar refractivity (Wildman–Crippen MR) is 142 cm³/mol. The van der Waals surface area contributed by atoms with Gasteiger partial charge in [0.05, 0.1) is 7.11 Å². The smallest absolute Gasteiger partial charge is 0.298 e. The maximum atomic E-state index is 12.7. The quantitative estimate of drug-likeness (QED) is 0.354. The third-order valence-electron chi connectivity index (χ3n) is 6.27. The molecule has 0 aliphatic carbocycles. The molecule has 37 heavy (non-hydrogen) atoms. The molecule has 5 rings (SSSR count). The molecule has 0 saturated carbocycles. The third kappa shape index (κ3) is 6.48. The molecule has 3 aromatic carbocycles. The number of amides is 1. The van der Waals surface area contributed by atoms with Crippen molar-refractivity contribution < 1.29 is 18.7 Å². The molecule has 1 aromatic heterocycles. The van der Waals surface area contributed by atoms with Gasteiger partial charge < -0.3 is 24.1 Å². The second-order valence-corrected chi connectivity index (χ2v) is 8.88. The summed E-state index contributed by atoms with van der Waals surface area (Å²) in [5, 5.41) is 2.87. The van der Waals surface area contributed by atoms with Crippen molar-refractivity contribution in [1.82, 2.24) is 9.88 Å². The molecule has 2 heterocycles. The summed E-state index contributed by atoms with van der Waals surface area (Å²) in [5.41, 5.74) is 3.23. The summed E-state index contributed by atoms with van der Waals surface area (Å²) < 4.78 is 16.8. The fraction of sp³-hybridized carbons (Fsp3) is 0.241. The van der Waals surface area contributed by atoms with Crippen molar-refractivity contribution in [2.75, 3.05) is 43.5 Å². The molecule has 0 radical (unpaired) electrons. The third-order valence-corrected chi connectivity index (χ3v) is 6.27. The van der Waals surface area contributed by atoms with Crippen LogP contribution in [0.1, 0.15) is 21.6 Å². The van der Waals surface area contributed by atoms with E-state index in [-0.39, 0.29) is 11.6 Å². The molecule has 0 atom stereocenters. The number of piperazine rings is 1. The summed E-state index contributed by atoms with van der Waals surface area (Å²) in [6.45, 7) is 4.65. The Bertz CT molecular complexity index is 1300. The minimum Gasteiger partial charge on any atom is -0.497 e. The van der Waals surface area contributed by atoms with Gasteiger partial charge in [-0.15, -0.1) is 0 Å². The van der Waals surface area contributed by atoms with Crippen molar-refractivity contribution in [3.8, 4) is 11.5 Å². The number of rotatable bonds is 9. The number of benzene rings is 3. The SMILES string of the molecule is COc1cccc(CN2CCN(c3nc(C(=O)Nc4ccc(OCc5ccccc5)cc4)co3)CC2)c1. The highest BCUT2D eigenvalue weighted by atomic mass is 16.5. The predicted octanol–water partition coefficient (Wildman–Crippen LogP) is 4.84. The van der Waals surface area contributed by atoms with E-state index in [0.717, 1.165) is 49.8 Å². The van der Waals surface area contributed by atoms with Crippen molar-refractivity contribution >= 4 is 17.6 Å². The molecule has 0 bridgehead atoms. The van der Waals surface area contributed by atoms with Crippen LogP contribution in [0.2, 0.25) is 0 Å². The van der Waals surface area contributed by atoms with Crippen molar-refractivity contribution in [3.63, 3.8) is 0 Å². The Kier molecular flexibility index (Phi) is 7.66. The molecule has 1 saturated heterocycles. The van der Waals surface area contributed by atoms with Crippen LogP contribution >= 0.6 is 0 Å². The van der Waals surface area contributed by atoms with E-state index in [2.05, 4.69) is 32.2 Å². The standard InChI is InChI=1S/C29H30N4O4/c1-35-26-9-5-8-23(18-26)19-32-14-16-33(17-15-32)29-31-27(21-37-29)28(34)30-24-10-12-25(13-11-24)36-20-22-6-3-2-4-7-22/h2-13,18,21H,14-17,19-20H2,1H3,(H,30,34). The molecular formula is C29H30N4O4. The van der Waals surface area contributed by atoms with Gasteiger partial charge in [-0.2, -0.15) is 4.98 Å². The average molecular weight is 499 g/mol. The topological polar surface area (TPSA) is 80.1 Å². The van der Waals surface area contributed by atoms with Crippen LogP contribution in [0, 0.1) is 0 Å². The summed E-state index contributed by atoms with van der Waals surface area (Å²) in [4.78, 5) is 21.6. The van der Waals surface area contributed by atoms with E-state index in [0.29, 0.717) is 18.3 Å². The molecule has 190 valence electrons. The Labute approximate surface area is 216 Å². The lowest BCUT2D eigenvalue weighted by Crippen LogP contribution is -2.46. The second kappa shape index (κ2) is 11.6. The summed E-state index contributed by atoms with van der Waals surface area (Å²) >= 11 is 0. The lowest BCUT2D eigenvalue weighted by molar-refractivity contribution is 0.102.